The number of ketones is 1. The summed E-state index contributed by atoms with van der Waals surface area (Å²) in [5.41, 5.74) is 6.48. The number of rotatable bonds is 2. The lowest BCUT2D eigenvalue weighted by atomic mass is 9.96. The van der Waals surface area contributed by atoms with Gasteiger partial charge in [-0.1, -0.05) is 55.7 Å². The largest absolute Gasteiger partial charge is 0.294 e. The first-order valence-electron chi connectivity index (χ1n) is 9.77. The molecule has 0 amide bonds. The third-order valence-corrected chi connectivity index (χ3v) is 4.32. The molecule has 0 bridgehead atoms. The highest BCUT2D eigenvalue weighted by atomic mass is 16.1. The van der Waals surface area contributed by atoms with Crippen LogP contribution in [0.2, 0.25) is 0 Å². The summed E-state index contributed by atoms with van der Waals surface area (Å²) < 4.78 is 1.64. The van der Waals surface area contributed by atoms with E-state index in [2.05, 4.69) is 93.2 Å². The first-order valence-corrected chi connectivity index (χ1v) is 9.77. The SMILES string of the molecule is C.CC(=O)c1cn(C)nc1C.Cc1ccccc1-c1ccc(C#CC(C)(C)C)cc1. The number of benzene rings is 2. The smallest absolute Gasteiger partial charge is 0.163 e. The Morgan fingerprint density at radius 3 is 2.03 bits per heavy atom. The number of hydrogen-bond donors (Lipinski definition) is 0. The van der Waals surface area contributed by atoms with Crippen LogP contribution >= 0.6 is 0 Å². The van der Waals surface area contributed by atoms with Crippen LogP contribution in [0, 0.1) is 31.1 Å². The van der Waals surface area contributed by atoms with E-state index in [9.17, 15) is 4.79 Å². The molecule has 0 fully saturated rings. The Labute approximate surface area is 182 Å². The molecule has 0 atom stereocenters. The quantitative estimate of drug-likeness (QED) is 0.356. The molecule has 3 aromatic rings. The van der Waals surface area contributed by atoms with Gasteiger partial charge in [0.2, 0.25) is 0 Å². The van der Waals surface area contributed by atoms with E-state index in [-0.39, 0.29) is 18.6 Å². The summed E-state index contributed by atoms with van der Waals surface area (Å²) in [4.78, 5) is 10.8. The Morgan fingerprint density at radius 1 is 1.00 bits per heavy atom. The van der Waals surface area contributed by atoms with Crippen LogP contribution in [0.1, 0.15) is 62.3 Å². The van der Waals surface area contributed by atoms with Gasteiger partial charge in [-0.2, -0.15) is 5.10 Å². The van der Waals surface area contributed by atoms with Gasteiger partial charge in [0.1, 0.15) is 0 Å². The Morgan fingerprint density at radius 2 is 1.60 bits per heavy atom. The van der Waals surface area contributed by atoms with Gasteiger partial charge in [-0.3, -0.25) is 9.48 Å². The Hall–Kier alpha value is -3.12. The summed E-state index contributed by atoms with van der Waals surface area (Å²) in [6, 6.07) is 16.9. The maximum Gasteiger partial charge on any atom is 0.163 e. The van der Waals surface area contributed by atoms with Crippen molar-refractivity contribution in [3.05, 3.63) is 77.1 Å². The average Bonchev–Trinajstić information content (AvgIpc) is 2.99. The van der Waals surface area contributed by atoms with Gasteiger partial charge >= 0.3 is 0 Å². The van der Waals surface area contributed by atoms with Crippen molar-refractivity contribution < 1.29 is 4.79 Å². The number of hydrogen-bond acceptors (Lipinski definition) is 2. The van der Waals surface area contributed by atoms with Crippen molar-refractivity contribution in [2.24, 2.45) is 12.5 Å². The molecule has 3 rings (SSSR count). The topological polar surface area (TPSA) is 34.9 Å². The van der Waals surface area contributed by atoms with Crippen LogP contribution in [0.3, 0.4) is 0 Å². The van der Waals surface area contributed by atoms with Crippen LogP contribution in [0.25, 0.3) is 11.1 Å². The predicted octanol–water partition coefficient (Wildman–Crippen LogP) is 6.63. The Bertz CT molecular complexity index is 1040. The summed E-state index contributed by atoms with van der Waals surface area (Å²) in [6.45, 7) is 11.9. The number of aryl methyl sites for hydroxylation is 3. The number of aromatic nitrogens is 2. The molecule has 1 heterocycles. The Balaban J connectivity index is 0.000000348. The summed E-state index contributed by atoms with van der Waals surface area (Å²) in [5, 5.41) is 4.03. The van der Waals surface area contributed by atoms with Gasteiger partial charge in [-0.25, -0.2) is 0 Å². The molecule has 3 nitrogen and oxygen atoms in total. The number of Topliss-reactive ketones (excluding diaryl/α,β-unsaturated/α-hetero) is 1. The monoisotopic (exact) mass is 402 g/mol. The Kier molecular flexibility index (Phi) is 8.80. The zero-order valence-electron chi connectivity index (χ0n) is 18.5. The van der Waals surface area contributed by atoms with Gasteiger partial charge in [-0.15, -0.1) is 0 Å². The number of nitrogens with zero attached hydrogens (tertiary/aromatic N) is 2. The average molecular weight is 403 g/mol. The normalized spacial score (nSPS) is 10.1. The fourth-order valence-corrected chi connectivity index (χ4v) is 2.83. The fourth-order valence-electron chi connectivity index (χ4n) is 2.83. The summed E-state index contributed by atoms with van der Waals surface area (Å²) >= 11 is 0. The lowest BCUT2D eigenvalue weighted by Crippen LogP contribution is -1.99. The van der Waals surface area contributed by atoms with E-state index in [1.165, 1.54) is 16.7 Å². The van der Waals surface area contributed by atoms with Gasteiger partial charge < -0.3 is 0 Å². The molecule has 0 aliphatic heterocycles. The second kappa shape index (κ2) is 10.6. The van der Waals surface area contributed by atoms with Gasteiger partial charge in [0.25, 0.3) is 0 Å². The summed E-state index contributed by atoms with van der Waals surface area (Å²) in [7, 11) is 1.80. The molecule has 0 saturated carbocycles. The van der Waals surface area contributed by atoms with E-state index in [0.29, 0.717) is 5.56 Å². The van der Waals surface area contributed by atoms with Crippen LogP contribution < -0.4 is 0 Å². The molecule has 158 valence electrons. The minimum absolute atomic E-state index is 0. The molecule has 0 N–H and O–H groups in total. The molecule has 3 heteroatoms. The zero-order valence-corrected chi connectivity index (χ0v) is 18.5. The molecular weight excluding hydrogens is 368 g/mol. The third kappa shape index (κ3) is 7.37. The second-order valence-electron chi connectivity index (χ2n) is 8.25. The van der Waals surface area contributed by atoms with Crippen molar-refractivity contribution in [1.82, 2.24) is 9.78 Å². The highest BCUT2D eigenvalue weighted by molar-refractivity contribution is 5.94. The molecule has 0 aliphatic carbocycles. The molecule has 0 spiro atoms. The van der Waals surface area contributed by atoms with Gasteiger partial charge in [0.05, 0.1) is 11.3 Å². The van der Waals surface area contributed by atoms with E-state index in [0.717, 1.165) is 11.3 Å². The maximum absolute atomic E-state index is 10.8. The third-order valence-electron chi connectivity index (χ3n) is 4.32. The van der Waals surface area contributed by atoms with E-state index in [4.69, 9.17) is 0 Å². The van der Waals surface area contributed by atoms with E-state index < -0.39 is 0 Å². The summed E-state index contributed by atoms with van der Waals surface area (Å²) in [6.07, 6.45) is 1.73. The van der Waals surface area contributed by atoms with Crippen molar-refractivity contribution in [3.8, 4) is 23.0 Å². The van der Waals surface area contributed by atoms with Crippen molar-refractivity contribution in [3.63, 3.8) is 0 Å². The number of carbonyl (C=O) groups excluding carboxylic acids is 1. The second-order valence-corrected chi connectivity index (χ2v) is 8.25. The lowest BCUT2D eigenvalue weighted by Gasteiger charge is -2.07. The van der Waals surface area contributed by atoms with Crippen molar-refractivity contribution in [2.45, 2.75) is 49.0 Å². The molecule has 30 heavy (non-hydrogen) atoms. The zero-order chi connectivity index (χ0) is 21.6. The maximum atomic E-state index is 10.8. The van der Waals surface area contributed by atoms with Crippen molar-refractivity contribution >= 4 is 5.78 Å². The van der Waals surface area contributed by atoms with Gasteiger partial charge in [-0.05, 0) is 70.4 Å². The van der Waals surface area contributed by atoms with Crippen LogP contribution in [-0.2, 0) is 7.05 Å². The van der Waals surface area contributed by atoms with Gasteiger partial charge in [0, 0.05) is 24.2 Å². The number of carbonyl (C=O) groups is 1. The molecule has 0 unspecified atom stereocenters. The van der Waals surface area contributed by atoms with E-state index in [1.807, 2.05) is 6.92 Å². The molecule has 2 aromatic carbocycles. The lowest BCUT2D eigenvalue weighted by molar-refractivity contribution is 0.101. The van der Waals surface area contributed by atoms with Crippen LogP contribution in [-0.4, -0.2) is 15.6 Å². The fraction of sp³-hybridized carbons (Fsp3) is 0.333. The summed E-state index contributed by atoms with van der Waals surface area (Å²) in [5.74, 6) is 6.56. The first-order chi connectivity index (χ1) is 13.6. The van der Waals surface area contributed by atoms with Crippen molar-refractivity contribution in [2.75, 3.05) is 0 Å². The molecule has 1 aromatic heterocycles. The van der Waals surface area contributed by atoms with Crippen LogP contribution in [0.15, 0.2) is 54.7 Å². The molecule has 0 aliphatic rings. The molecule has 0 saturated heterocycles. The minimum atomic E-state index is 0. The molecule has 0 radical (unpaired) electrons. The molecular formula is C27H34N2O. The van der Waals surface area contributed by atoms with E-state index >= 15 is 0 Å². The van der Waals surface area contributed by atoms with Crippen LogP contribution in [0.4, 0.5) is 0 Å². The first kappa shape index (κ1) is 24.9. The highest BCUT2D eigenvalue weighted by Crippen LogP contribution is 2.23. The highest BCUT2D eigenvalue weighted by Gasteiger charge is 2.06. The standard InChI is InChI=1S/C19H20.C7H10N2O.CH4/c1-15-7-5-6-8-18(15)17-11-9-16(10-12-17)13-14-19(2,3)4;1-5-7(6(2)10)4-9(3)8-5;/h5-12H,1-4H3;4H,1-3H3;1H4. The van der Waals surface area contributed by atoms with Crippen molar-refractivity contribution in [1.29, 1.82) is 0 Å². The van der Waals surface area contributed by atoms with Crippen LogP contribution in [0.5, 0.6) is 0 Å². The predicted molar refractivity (Wildman–Crippen MR) is 128 cm³/mol. The van der Waals surface area contributed by atoms with Gasteiger partial charge in [0.15, 0.2) is 5.78 Å². The van der Waals surface area contributed by atoms with E-state index in [1.54, 1.807) is 24.9 Å². The minimum Gasteiger partial charge on any atom is -0.294 e.